The van der Waals surface area contributed by atoms with Crippen molar-refractivity contribution in [2.24, 2.45) is 0 Å². The number of hydrogen-bond acceptors (Lipinski definition) is 9. The number of nitrogens with two attached hydrogens (primary N) is 1. The van der Waals surface area contributed by atoms with Crippen LogP contribution in [0.3, 0.4) is 0 Å². The lowest BCUT2D eigenvalue weighted by Gasteiger charge is -2.36. The van der Waals surface area contributed by atoms with Crippen LogP contribution in [0, 0.1) is 0 Å². The quantitative estimate of drug-likeness (QED) is 0.820. The van der Waals surface area contributed by atoms with Crippen LogP contribution in [-0.2, 0) is 23.7 Å². The van der Waals surface area contributed by atoms with Crippen molar-refractivity contribution < 1.29 is 23.7 Å². The third kappa shape index (κ3) is 2.32. The van der Waals surface area contributed by atoms with Gasteiger partial charge in [0.15, 0.2) is 22.9 Å². The fourth-order valence-electron chi connectivity index (χ4n) is 3.17. The Balaban J connectivity index is 1.69. The lowest BCUT2D eigenvalue weighted by atomic mass is 9.99. The lowest BCUT2D eigenvalue weighted by molar-refractivity contribution is -0.236. The third-order valence-electron chi connectivity index (χ3n) is 3.85. The van der Waals surface area contributed by atoms with Gasteiger partial charge in [-0.3, -0.25) is 0 Å². The number of nitrogens with zero attached hydrogens (tertiary/aromatic N) is 2. The predicted molar refractivity (Wildman–Crippen MR) is 75.8 cm³/mol. The highest BCUT2D eigenvalue weighted by molar-refractivity contribution is 7.15. The minimum Gasteiger partial charge on any atom is -0.374 e. The number of anilines is 1. The maximum atomic E-state index is 6.05. The molecular formula is C13H19N3O5S. The highest BCUT2D eigenvalue weighted by Gasteiger charge is 2.61. The topological polar surface area (TPSA) is 98.0 Å². The molecule has 4 rings (SSSR count). The van der Waals surface area contributed by atoms with Gasteiger partial charge in [0.2, 0.25) is 5.13 Å². The van der Waals surface area contributed by atoms with E-state index in [0.717, 1.165) is 0 Å². The summed E-state index contributed by atoms with van der Waals surface area (Å²) in [5.41, 5.74) is 5.69. The van der Waals surface area contributed by atoms with Crippen molar-refractivity contribution in [1.82, 2.24) is 10.2 Å². The summed E-state index contributed by atoms with van der Waals surface area (Å²) in [6.07, 6.45) is -1.97. The standard InChI is InChI=1S/C13H19N3O5S/c1-12(2)18-5-6(19-12)8-10(21-13(3,4)20-8)17-7(5)9-15-16-11(14)22-9/h5-8,10H,1-4H3,(H2,14,16)/t5-,6+,7?,8-,10-/m1/s1. The molecule has 9 heteroatoms. The first-order chi connectivity index (χ1) is 10.2. The Kier molecular flexibility index (Phi) is 3.07. The van der Waals surface area contributed by atoms with Gasteiger partial charge in [-0.05, 0) is 27.7 Å². The van der Waals surface area contributed by atoms with Gasteiger partial charge >= 0.3 is 0 Å². The van der Waals surface area contributed by atoms with Gasteiger partial charge in [0.05, 0.1) is 0 Å². The van der Waals surface area contributed by atoms with E-state index in [9.17, 15) is 0 Å². The second-order valence-corrected chi connectivity index (χ2v) is 7.61. The molecule has 3 aliphatic rings. The molecule has 0 aromatic carbocycles. The maximum Gasteiger partial charge on any atom is 0.203 e. The molecule has 1 aromatic rings. The Morgan fingerprint density at radius 3 is 2.23 bits per heavy atom. The van der Waals surface area contributed by atoms with Crippen molar-refractivity contribution in [3.8, 4) is 0 Å². The van der Waals surface area contributed by atoms with E-state index in [-0.39, 0.29) is 18.3 Å². The number of rotatable bonds is 1. The summed E-state index contributed by atoms with van der Waals surface area (Å²) in [7, 11) is 0. The fourth-order valence-corrected chi connectivity index (χ4v) is 3.86. The smallest absolute Gasteiger partial charge is 0.203 e. The second-order valence-electron chi connectivity index (χ2n) is 6.57. The molecule has 1 aromatic heterocycles. The molecule has 0 aliphatic carbocycles. The zero-order valence-electron chi connectivity index (χ0n) is 12.8. The number of nitrogen functional groups attached to an aromatic ring is 1. The van der Waals surface area contributed by atoms with E-state index in [1.165, 1.54) is 11.3 Å². The van der Waals surface area contributed by atoms with Crippen LogP contribution in [0.25, 0.3) is 0 Å². The van der Waals surface area contributed by atoms with Crippen molar-refractivity contribution in [3.63, 3.8) is 0 Å². The SMILES string of the molecule is CC1(C)O[C@H]2OC(c3nnc(N)s3)[C@@H]3OC(C)(C)O[C@@H]3[C@H]2O1. The highest BCUT2D eigenvalue weighted by Crippen LogP contribution is 2.48. The Morgan fingerprint density at radius 1 is 0.909 bits per heavy atom. The minimum atomic E-state index is -0.731. The van der Waals surface area contributed by atoms with Crippen LogP contribution in [0.1, 0.15) is 38.8 Å². The molecule has 5 atom stereocenters. The molecule has 3 saturated heterocycles. The van der Waals surface area contributed by atoms with Gasteiger partial charge in [-0.1, -0.05) is 11.3 Å². The van der Waals surface area contributed by atoms with Gasteiger partial charge in [-0.15, -0.1) is 10.2 Å². The molecule has 1 unspecified atom stereocenters. The Morgan fingerprint density at radius 2 is 1.55 bits per heavy atom. The van der Waals surface area contributed by atoms with Crippen LogP contribution in [0.4, 0.5) is 5.13 Å². The van der Waals surface area contributed by atoms with E-state index in [2.05, 4.69) is 10.2 Å². The van der Waals surface area contributed by atoms with Crippen LogP contribution in [-0.4, -0.2) is 46.4 Å². The predicted octanol–water partition coefficient (Wildman–Crippen LogP) is 1.19. The third-order valence-corrected chi connectivity index (χ3v) is 4.67. The molecule has 3 aliphatic heterocycles. The van der Waals surface area contributed by atoms with E-state index in [1.807, 2.05) is 27.7 Å². The average Bonchev–Trinajstić information content (AvgIpc) is 3.02. The van der Waals surface area contributed by atoms with Crippen molar-refractivity contribution in [3.05, 3.63) is 5.01 Å². The first-order valence-electron chi connectivity index (χ1n) is 7.20. The molecule has 4 heterocycles. The van der Waals surface area contributed by atoms with Crippen LogP contribution in [0.5, 0.6) is 0 Å². The summed E-state index contributed by atoms with van der Waals surface area (Å²) in [6, 6.07) is 0. The largest absolute Gasteiger partial charge is 0.374 e. The van der Waals surface area contributed by atoms with E-state index < -0.39 is 24.0 Å². The van der Waals surface area contributed by atoms with Gasteiger partial charge in [0.1, 0.15) is 24.4 Å². The Labute approximate surface area is 131 Å². The fraction of sp³-hybridized carbons (Fsp3) is 0.846. The molecule has 0 bridgehead atoms. The van der Waals surface area contributed by atoms with Gasteiger partial charge < -0.3 is 29.4 Å². The molecule has 0 saturated carbocycles. The summed E-state index contributed by atoms with van der Waals surface area (Å²) < 4.78 is 29.9. The van der Waals surface area contributed by atoms with E-state index in [1.54, 1.807) is 0 Å². The van der Waals surface area contributed by atoms with Crippen molar-refractivity contribution in [2.75, 3.05) is 5.73 Å². The summed E-state index contributed by atoms with van der Waals surface area (Å²) >= 11 is 1.28. The average molecular weight is 329 g/mol. The monoisotopic (exact) mass is 329 g/mol. The van der Waals surface area contributed by atoms with Gasteiger partial charge in [0.25, 0.3) is 0 Å². The minimum absolute atomic E-state index is 0.300. The number of ether oxygens (including phenoxy) is 5. The summed E-state index contributed by atoms with van der Waals surface area (Å²) in [6.45, 7) is 7.44. The second kappa shape index (κ2) is 4.59. The van der Waals surface area contributed by atoms with Crippen LogP contribution >= 0.6 is 11.3 Å². The van der Waals surface area contributed by atoms with Crippen molar-refractivity contribution >= 4 is 16.5 Å². The number of aromatic nitrogens is 2. The van der Waals surface area contributed by atoms with Crippen LogP contribution < -0.4 is 5.73 Å². The van der Waals surface area contributed by atoms with Crippen molar-refractivity contribution in [2.45, 2.75) is 70.0 Å². The molecule has 8 nitrogen and oxygen atoms in total. The van der Waals surface area contributed by atoms with Gasteiger partial charge in [-0.2, -0.15) is 0 Å². The molecular weight excluding hydrogens is 310 g/mol. The van der Waals surface area contributed by atoms with Gasteiger partial charge in [-0.25, -0.2) is 0 Å². The van der Waals surface area contributed by atoms with E-state index in [0.29, 0.717) is 10.1 Å². The van der Waals surface area contributed by atoms with E-state index >= 15 is 0 Å². The molecule has 122 valence electrons. The maximum absolute atomic E-state index is 6.05. The number of hydrogen-bond donors (Lipinski definition) is 1. The van der Waals surface area contributed by atoms with Gasteiger partial charge in [0, 0.05) is 0 Å². The number of fused-ring (bicyclic) bond motifs is 3. The molecule has 2 N–H and O–H groups in total. The summed E-state index contributed by atoms with van der Waals surface area (Å²) in [5.74, 6) is -1.46. The normalized spacial score (nSPS) is 42.1. The first kappa shape index (κ1) is 14.7. The molecule has 0 amide bonds. The van der Waals surface area contributed by atoms with Crippen molar-refractivity contribution in [1.29, 1.82) is 0 Å². The Hall–Kier alpha value is -0.840. The van der Waals surface area contributed by atoms with E-state index in [4.69, 9.17) is 29.4 Å². The van der Waals surface area contributed by atoms with Crippen LogP contribution in [0.15, 0.2) is 0 Å². The Bertz CT molecular complexity index is 592. The molecule has 3 fully saturated rings. The highest BCUT2D eigenvalue weighted by atomic mass is 32.1. The zero-order chi connectivity index (χ0) is 15.7. The molecule has 22 heavy (non-hydrogen) atoms. The first-order valence-corrected chi connectivity index (χ1v) is 8.01. The molecule has 0 radical (unpaired) electrons. The summed E-state index contributed by atoms with van der Waals surface area (Å²) in [4.78, 5) is 0. The van der Waals surface area contributed by atoms with Crippen LogP contribution in [0.2, 0.25) is 0 Å². The lowest BCUT2D eigenvalue weighted by Crippen LogP contribution is -2.51. The summed E-state index contributed by atoms with van der Waals surface area (Å²) in [5, 5.41) is 8.98. The molecule has 0 spiro atoms. The zero-order valence-corrected chi connectivity index (χ0v) is 13.6.